The smallest absolute Gasteiger partial charge is 0.410 e. The van der Waals surface area contributed by atoms with Crippen LogP contribution in [0.15, 0.2) is 29.2 Å². The molecule has 4 nitrogen and oxygen atoms in total. The summed E-state index contributed by atoms with van der Waals surface area (Å²) in [5.74, 6) is 0. The molecule has 0 radical (unpaired) electrons. The van der Waals surface area contributed by atoms with Gasteiger partial charge in [0.2, 0.25) is 0 Å². The number of benzene rings is 1. The molecule has 0 bridgehead atoms. The van der Waals surface area contributed by atoms with Crippen LogP contribution in [0, 0.1) is 6.92 Å². The van der Waals surface area contributed by atoms with E-state index in [1.165, 1.54) is 17.6 Å². The van der Waals surface area contributed by atoms with Crippen molar-refractivity contribution in [1.29, 1.82) is 0 Å². The molecule has 1 amide bonds. The molecule has 1 aliphatic heterocycles. The van der Waals surface area contributed by atoms with Gasteiger partial charge >= 0.3 is 6.09 Å². The molecule has 1 aromatic carbocycles. The second-order valence-electron chi connectivity index (χ2n) is 6.00. The summed E-state index contributed by atoms with van der Waals surface area (Å²) in [7, 11) is 0. The van der Waals surface area contributed by atoms with Crippen LogP contribution in [-0.2, 0) is 8.92 Å². The van der Waals surface area contributed by atoms with Crippen LogP contribution < -0.4 is 0 Å². The van der Waals surface area contributed by atoms with E-state index in [1.54, 1.807) is 4.90 Å². The van der Waals surface area contributed by atoms with E-state index in [0.717, 1.165) is 4.90 Å². The second-order valence-corrected chi connectivity index (χ2v) is 6.83. The molecule has 0 saturated carbocycles. The zero-order valence-corrected chi connectivity index (χ0v) is 17.2. The molecule has 0 unspecified atom stereocenters. The number of rotatable bonds is 3. The molecule has 138 valence electrons. The van der Waals surface area contributed by atoms with E-state index >= 15 is 0 Å². The van der Waals surface area contributed by atoms with E-state index in [4.69, 9.17) is 8.92 Å². The van der Waals surface area contributed by atoms with Gasteiger partial charge in [0.15, 0.2) is 0 Å². The Bertz CT molecular complexity index is 462. The van der Waals surface area contributed by atoms with Gasteiger partial charge in [-0.05, 0) is 39.8 Å². The van der Waals surface area contributed by atoms with E-state index in [-0.39, 0.29) is 12.2 Å². The molecule has 0 aromatic heterocycles. The van der Waals surface area contributed by atoms with Gasteiger partial charge in [-0.25, -0.2) is 4.79 Å². The number of hydrogen-bond donors (Lipinski definition) is 0. The Kier molecular flexibility index (Phi) is 10.8. The first kappa shape index (κ1) is 22.8. The Balaban J connectivity index is 0.00000123. The summed E-state index contributed by atoms with van der Waals surface area (Å²) < 4.78 is 11.0. The highest BCUT2D eigenvalue weighted by Gasteiger charge is 2.34. The van der Waals surface area contributed by atoms with Crippen LogP contribution in [0.3, 0.4) is 0 Å². The fraction of sp³-hybridized carbons (Fsp3) is 0.632. The van der Waals surface area contributed by atoms with E-state index < -0.39 is 5.60 Å². The highest BCUT2D eigenvalue weighted by molar-refractivity contribution is 7.94. The van der Waals surface area contributed by atoms with Crippen molar-refractivity contribution in [2.45, 2.75) is 72.0 Å². The van der Waals surface area contributed by atoms with Gasteiger partial charge < -0.3 is 13.8 Å². The number of amides is 1. The lowest BCUT2D eigenvalue weighted by Crippen LogP contribution is -2.55. The third-order valence-corrected chi connectivity index (χ3v) is 3.63. The molecule has 1 saturated heterocycles. The summed E-state index contributed by atoms with van der Waals surface area (Å²) in [6.45, 7) is 16.8. The van der Waals surface area contributed by atoms with Crippen molar-refractivity contribution in [3.8, 4) is 0 Å². The lowest BCUT2D eigenvalue weighted by Gasteiger charge is -2.38. The second kappa shape index (κ2) is 11.4. The zero-order valence-electron chi connectivity index (χ0n) is 16.4. The monoisotopic (exact) mass is 355 g/mol. The van der Waals surface area contributed by atoms with Gasteiger partial charge in [-0.15, -0.1) is 0 Å². The number of hydrogen-bond acceptors (Lipinski definition) is 4. The molecule has 1 aromatic rings. The molecular weight excluding hydrogens is 322 g/mol. The molecule has 1 aliphatic rings. The molecule has 5 heteroatoms. The third-order valence-electron chi connectivity index (χ3n) is 2.80. The van der Waals surface area contributed by atoms with Crippen LogP contribution >= 0.6 is 12.0 Å². The molecule has 2 rings (SSSR count). The molecule has 1 fully saturated rings. The summed E-state index contributed by atoms with van der Waals surface area (Å²) in [5.41, 5.74) is 0.786. The minimum atomic E-state index is -0.445. The average Bonchev–Trinajstić information content (AvgIpc) is 2.50. The summed E-state index contributed by atoms with van der Waals surface area (Å²) in [6, 6.07) is 8.17. The first-order valence-corrected chi connectivity index (χ1v) is 9.45. The van der Waals surface area contributed by atoms with Crippen LogP contribution in [0.1, 0.15) is 54.0 Å². The Labute approximate surface area is 152 Å². The van der Waals surface area contributed by atoms with Crippen molar-refractivity contribution in [3.05, 3.63) is 29.8 Å². The van der Waals surface area contributed by atoms with Gasteiger partial charge in [-0.3, -0.25) is 0 Å². The molecule has 24 heavy (non-hydrogen) atoms. The van der Waals surface area contributed by atoms with Gasteiger partial charge in [-0.1, -0.05) is 45.4 Å². The standard InChI is InChI=1S/C15H21NO3S.2C2H6/c1-11-5-7-13(8-6-11)20-19-12-9-16(10-12)14(17)18-15(2,3)4;2*1-2/h5-8,12H,9-10H2,1-4H3;2*1-2H3. The first-order valence-electron chi connectivity index (χ1n) is 8.71. The minimum Gasteiger partial charge on any atom is -0.444 e. The van der Waals surface area contributed by atoms with Crippen molar-refractivity contribution in [3.63, 3.8) is 0 Å². The Morgan fingerprint density at radius 2 is 1.58 bits per heavy atom. The van der Waals surface area contributed by atoms with Crippen LogP contribution in [0.25, 0.3) is 0 Å². The fourth-order valence-corrected chi connectivity index (χ4v) is 2.31. The number of aryl methyl sites for hydroxylation is 1. The van der Waals surface area contributed by atoms with Crippen molar-refractivity contribution in [2.24, 2.45) is 0 Å². The highest BCUT2D eigenvalue weighted by atomic mass is 32.2. The van der Waals surface area contributed by atoms with E-state index in [0.29, 0.717) is 13.1 Å². The van der Waals surface area contributed by atoms with Gasteiger partial charge in [0.25, 0.3) is 0 Å². The normalized spacial score (nSPS) is 13.8. The molecule has 0 atom stereocenters. The molecule has 1 heterocycles. The van der Waals surface area contributed by atoms with Crippen molar-refractivity contribution >= 4 is 18.1 Å². The summed E-state index contributed by atoms with van der Waals surface area (Å²) >= 11 is 1.36. The fourth-order valence-electron chi connectivity index (χ4n) is 1.69. The quantitative estimate of drug-likeness (QED) is 0.653. The van der Waals surface area contributed by atoms with Crippen molar-refractivity contribution in [1.82, 2.24) is 4.90 Å². The SMILES string of the molecule is CC.CC.Cc1ccc(SOC2CN(C(=O)OC(C)(C)C)C2)cc1. The third kappa shape index (κ3) is 8.60. The maximum absolute atomic E-state index is 11.7. The van der Waals surface area contributed by atoms with E-state index in [1.807, 2.05) is 60.6 Å². The first-order chi connectivity index (χ1) is 11.3. The largest absolute Gasteiger partial charge is 0.444 e. The summed E-state index contributed by atoms with van der Waals surface area (Å²) in [6.07, 6.45) is -0.188. The highest BCUT2D eigenvalue weighted by Crippen LogP contribution is 2.25. The Morgan fingerprint density at radius 1 is 1.08 bits per heavy atom. The summed E-state index contributed by atoms with van der Waals surface area (Å²) in [4.78, 5) is 14.5. The number of nitrogens with zero attached hydrogens (tertiary/aromatic N) is 1. The van der Waals surface area contributed by atoms with Gasteiger partial charge in [0, 0.05) is 16.9 Å². The van der Waals surface area contributed by atoms with Crippen molar-refractivity contribution < 1.29 is 13.7 Å². The maximum Gasteiger partial charge on any atom is 0.410 e. The molecule has 0 aliphatic carbocycles. The van der Waals surface area contributed by atoms with Crippen LogP contribution in [0.2, 0.25) is 0 Å². The molecule has 0 N–H and O–H groups in total. The maximum atomic E-state index is 11.7. The predicted octanol–water partition coefficient (Wildman–Crippen LogP) is 5.69. The number of likely N-dealkylation sites (tertiary alicyclic amines) is 1. The van der Waals surface area contributed by atoms with E-state index in [9.17, 15) is 4.79 Å². The van der Waals surface area contributed by atoms with Crippen LogP contribution in [0.4, 0.5) is 4.79 Å². The Morgan fingerprint density at radius 3 is 2.04 bits per heavy atom. The number of carbonyl (C=O) groups excluding carboxylic acids is 1. The topological polar surface area (TPSA) is 38.8 Å². The lowest BCUT2D eigenvalue weighted by molar-refractivity contribution is -0.0174. The summed E-state index contributed by atoms with van der Waals surface area (Å²) in [5, 5.41) is 0. The predicted molar refractivity (Wildman–Crippen MR) is 102 cm³/mol. The molecular formula is C19H33NO3S. The van der Waals surface area contributed by atoms with Gasteiger partial charge in [0.1, 0.15) is 11.7 Å². The number of ether oxygens (including phenoxy) is 1. The minimum absolute atomic E-state index is 0.0776. The zero-order chi connectivity index (χ0) is 18.8. The Hall–Kier alpha value is -1.20. The number of carbonyl (C=O) groups is 1. The van der Waals surface area contributed by atoms with Crippen LogP contribution in [-0.4, -0.2) is 35.8 Å². The van der Waals surface area contributed by atoms with Gasteiger partial charge in [-0.2, -0.15) is 0 Å². The van der Waals surface area contributed by atoms with E-state index in [2.05, 4.69) is 19.1 Å². The van der Waals surface area contributed by atoms with Gasteiger partial charge in [0.05, 0.1) is 13.1 Å². The lowest BCUT2D eigenvalue weighted by atomic mass is 10.2. The average molecular weight is 356 g/mol. The molecule has 0 spiro atoms. The van der Waals surface area contributed by atoms with Crippen LogP contribution in [0.5, 0.6) is 0 Å². The van der Waals surface area contributed by atoms with Crippen molar-refractivity contribution in [2.75, 3.05) is 13.1 Å².